The number of pyridine rings is 1. The largest absolute Gasteiger partial charge is 0.466 e. The number of hydrogen-bond donors (Lipinski definition) is 3. The third-order valence-electron chi connectivity index (χ3n) is 6.08. The Morgan fingerprint density at radius 1 is 1.31 bits per heavy atom. The van der Waals surface area contributed by atoms with E-state index in [2.05, 4.69) is 30.0 Å². The van der Waals surface area contributed by atoms with Gasteiger partial charge < -0.3 is 19.9 Å². The number of hydrogen-bond acceptors (Lipinski definition) is 7. The van der Waals surface area contributed by atoms with Crippen LogP contribution >= 0.6 is 11.5 Å². The van der Waals surface area contributed by atoms with E-state index in [1.165, 1.54) is 7.11 Å². The van der Waals surface area contributed by atoms with Gasteiger partial charge in [0, 0.05) is 48.4 Å². The number of H-pyrrole nitrogens is 1. The summed E-state index contributed by atoms with van der Waals surface area (Å²) in [5.41, 5.74) is -0.293. The number of halogens is 3. The van der Waals surface area contributed by atoms with Gasteiger partial charge in [0.05, 0.1) is 18.4 Å². The van der Waals surface area contributed by atoms with Crippen molar-refractivity contribution in [2.75, 3.05) is 30.8 Å². The highest BCUT2D eigenvalue weighted by Gasteiger charge is 2.43. The average molecular weight is 467 g/mol. The molecule has 5 rings (SSSR count). The van der Waals surface area contributed by atoms with Crippen LogP contribution in [-0.4, -0.2) is 56.5 Å². The van der Waals surface area contributed by atoms with E-state index in [0.29, 0.717) is 42.1 Å². The summed E-state index contributed by atoms with van der Waals surface area (Å²) in [5.74, 6) is 0.445. The van der Waals surface area contributed by atoms with Crippen molar-refractivity contribution < 1.29 is 22.7 Å². The first kappa shape index (κ1) is 20.8. The minimum atomic E-state index is -4.50. The number of amides is 2. The highest BCUT2D eigenvalue weighted by Crippen LogP contribution is 2.43. The van der Waals surface area contributed by atoms with Crippen LogP contribution in [0.15, 0.2) is 18.5 Å². The number of nitrogens with one attached hydrogen (secondary N) is 3. The standard InChI is InChI=1S/C19H20F3N7O2S/c1-31-16-26-17(32-28-16)27-18(30)29-7-9-4-11(5-10(9)8-29)25-14-12-2-3-23-15(12)24-6-13(14)19(20,21)22/h2-3,6,9-11H,4-5,7-8H2,1H3,(H2,23,24,25)(H,26,27,28,30). The molecule has 2 aliphatic rings. The molecule has 2 unspecified atom stereocenters. The second-order valence-electron chi connectivity index (χ2n) is 8.04. The van der Waals surface area contributed by atoms with Gasteiger partial charge in [-0.05, 0) is 30.7 Å². The first-order valence-corrected chi connectivity index (χ1v) is 10.8. The molecule has 4 heterocycles. The Morgan fingerprint density at radius 2 is 2.06 bits per heavy atom. The molecule has 1 aliphatic carbocycles. The van der Waals surface area contributed by atoms with Crippen LogP contribution < -0.4 is 15.4 Å². The third kappa shape index (κ3) is 3.80. The van der Waals surface area contributed by atoms with Crippen LogP contribution in [0, 0.1) is 11.8 Å². The zero-order valence-electron chi connectivity index (χ0n) is 16.9. The monoisotopic (exact) mass is 467 g/mol. The highest BCUT2D eigenvalue weighted by molar-refractivity contribution is 7.10. The van der Waals surface area contributed by atoms with E-state index >= 15 is 0 Å². The zero-order valence-corrected chi connectivity index (χ0v) is 17.8. The van der Waals surface area contributed by atoms with Gasteiger partial charge in [-0.1, -0.05) is 0 Å². The van der Waals surface area contributed by atoms with E-state index in [4.69, 9.17) is 4.74 Å². The van der Waals surface area contributed by atoms with Gasteiger partial charge >= 0.3 is 18.2 Å². The molecule has 13 heteroatoms. The Balaban J connectivity index is 1.25. The van der Waals surface area contributed by atoms with Gasteiger partial charge in [0.1, 0.15) is 5.65 Å². The molecule has 1 saturated heterocycles. The van der Waals surface area contributed by atoms with Crippen LogP contribution in [-0.2, 0) is 6.18 Å². The van der Waals surface area contributed by atoms with Crippen LogP contribution in [0.2, 0.25) is 0 Å². The summed E-state index contributed by atoms with van der Waals surface area (Å²) in [6.45, 7) is 1.10. The van der Waals surface area contributed by atoms with Crippen LogP contribution in [0.25, 0.3) is 11.0 Å². The van der Waals surface area contributed by atoms with Crippen LogP contribution in [0.1, 0.15) is 18.4 Å². The SMILES string of the molecule is COc1nsc(NC(=O)N2CC3CC(Nc4c(C(F)(F)F)cnc5[nH]ccc45)CC3C2)n1. The summed E-state index contributed by atoms with van der Waals surface area (Å²) in [4.78, 5) is 25.1. The Kier molecular flexibility index (Phi) is 5.07. The van der Waals surface area contributed by atoms with E-state index in [1.807, 2.05) is 0 Å². The second kappa shape index (κ2) is 7.80. The van der Waals surface area contributed by atoms with Crippen molar-refractivity contribution in [3.8, 4) is 6.01 Å². The third-order valence-corrected chi connectivity index (χ3v) is 6.70. The number of aromatic nitrogens is 4. The van der Waals surface area contributed by atoms with Gasteiger partial charge in [-0.2, -0.15) is 18.2 Å². The van der Waals surface area contributed by atoms with Gasteiger partial charge in [0.15, 0.2) is 0 Å². The molecule has 2 atom stereocenters. The fourth-order valence-electron chi connectivity index (χ4n) is 4.68. The molecule has 3 N–H and O–H groups in total. The minimum Gasteiger partial charge on any atom is -0.466 e. The molecule has 2 fully saturated rings. The predicted molar refractivity (Wildman–Crippen MR) is 112 cm³/mol. The maximum Gasteiger partial charge on any atom is 0.419 e. The molecule has 1 aliphatic heterocycles. The Morgan fingerprint density at radius 3 is 2.72 bits per heavy atom. The van der Waals surface area contributed by atoms with Crippen molar-refractivity contribution in [2.45, 2.75) is 25.1 Å². The van der Waals surface area contributed by atoms with E-state index in [9.17, 15) is 18.0 Å². The molecule has 0 aromatic carbocycles. The zero-order chi connectivity index (χ0) is 22.5. The number of likely N-dealkylation sites (tertiary alicyclic amines) is 1. The molecule has 3 aromatic rings. The average Bonchev–Trinajstić information content (AvgIpc) is 3.50. The highest BCUT2D eigenvalue weighted by atomic mass is 32.1. The Labute approximate surface area is 184 Å². The first-order valence-electron chi connectivity index (χ1n) is 10.0. The molecule has 1 saturated carbocycles. The Bertz CT molecular complexity index is 1130. The number of fused-ring (bicyclic) bond motifs is 2. The number of carbonyl (C=O) groups is 1. The van der Waals surface area contributed by atoms with Gasteiger partial charge in [-0.25, -0.2) is 9.78 Å². The number of rotatable bonds is 4. The molecule has 0 radical (unpaired) electrons. The number of nitrogens with zero attached hydrogens (tertiary/aromatic N) is 4. The van der Waals surface area contributed by atoms with Crippen LogP contribution in [0.5, 0.6) is 6.01 Å². The molecule has 3 aromatic heterocycles. The number of aromatic amines is 1. The second-order valence-corrected chi connectivity index (χ2v) is 8.79. The van der Waals surface area contributed by atoms with E-state index in [-0.39, 0.29) is 35.6 Å². The maximum atomic E-state index is 13.6. The van der Waals surface area contributed by atoms with Gasteiger partial charge in [0.2, 0.25) is 5.13 Å². The topological polar surface area (TPSA) is 108 Å². The fraction of sp³-hybridized carbons (Fsp3) is 0.474. The molecular formula is C19H20F3N7O2S. The minimum absolute atomic E-state index is 0.0635. The van der Waals surface area contributed by atoms with Crippen molar-refractivity contribution in [2.24, 2.45) is 11.8 Å². The molecule has 170 valence electrons. The van der Waals surface area contributed by atoms with E-state index in [0.717, 1.165) is 17.7 Å². The van der Waals surface area contributed by atoms with E-state index < -0.39 is 11.7 Å². The summed E-state index contributed by atoms with van der Waals surface area (Å²) in [5, 5.41) is 6.64. The number of carbonyl (C=O) groups excluding carboxylic acids is 1. The fourth-order valence-corrected chi connectivity index (χ4v) is 5.21. The number of alkyl halides is 3. The molecule has 9 nitrogen and oxygen atoms in total. The van der Waals surface area contributed by atoms with Gasteiger partial charge in [-0.15, -0.1) is 4.37 Å². The van der Waals surface area contributed by atoms with Gasteiger partial charge in [-0.3, -0.25) is 5.32 Å². The van der Waals surface area contributed by atoms with Crippen molar-refractivity contribution in [3.05, 3.63) is 24.0 Å². The summed E-state index contributed by atoms with van der Waals surface area (Å²) >= 11 is 1.03. The van der Waals surface area contributed by atoms with Crippen molar-refractivity contribution >= 4 is 39.4 Å². The maximum absolute atomic E-state index is 13.6. The lowest BCUT2D eigenvalue weighted by atomic mass is 10.0. The Hall–Kier alpha value is -3.09. The molecular weight excluding hydrogens is 447 g/mol. The van der Waals surface area contributed by atoms with Crippen LogP contribution in [0.4, 0.5) is 28.8 Å². The van der Waals surface area contributed by atoms with Crippen molar-refractivity contribution in [3.63, 3.8) is 0 Å². The van der Waals surface area contributed by atoms with E-state index in [1.54, 1.807) is 17.2 Å². The normalized spacial score (nSPS) is 22.9. The quantitative estimate of drug-likeness (QED) is 0.539. The number of urea groups is 1. The molecule has 32 heavy (non-hydrogen) atoms. The first-order chi connectivity index (χ1) is 15.3. The lowest BCUT2D eigenvalue weighted by Gasteiger charge is -2.22. The lowest BCUT2D eigenvalue weighted by molar-refractivity contribution is -0.137. The molecule has 2 amide bonds. The van der Waals surface area contributed by atoms with Crippen molar-refractivity contribution in [1.82, 2.24) is 24.2 Å². The summed E-state index contributed by atoms with van der Waals surface area (Å²) < 4.78 is 49.6. The summed E-state index contributed by atoms with van der Waals surface area (Å²) in [7, 11) is 1.45. The predicted octanol–water partition coefficient (Wildman–Crippen LogP) is 3.80. The summed E-state index contributed by atoms with van der Waals surface area (Å²) in [6, 6.07) is 1.43. The molecule has 0 bridgehead atoms. The number of methoxy groups -OCH3 is 1. The van der Waals surface area contributed by atoms with Crippen LogP contribution in [0.3, 0.4) is 0 Å². The lowest BCUT2D eigenvalue weighted by Crippen LogP contribution is -2.34. The molecule has 0 spiro atoms. The van der Waals surface area contributed by atoms with Crippen molar-refractivity contribution in [1.29, 1.82) is 0 Å². The summed E-state index contributed by atoms with van der Waals surface area (Å²) in [6.07, 6.45) is -0.682. The smallest absolute Gasteiger partial charge is 0.419 e. The number of anilines is 2. The van der Waals surface area contributed by atoms with Gasteiger partial charge in [0.25, 0.3) is 0 Å². The number of ether oxygens (including phenoxy) is 1.